The van der Waals surface area contributed by atoms with Crippen LogP contribution in [0.5, 0.6) is 0 Å². The maximum Gasteiger partial charge on any atom is 0.0714 e. The normalized spacial score (nSPS) is 13.5. The van der Waals surface area contributed by atoms with Gasteiger partial charge in [0.25, 0.3) is 0 Å². The molecule has 0 aliphatic heterocycles. The average Bonchev–Trinajstić information content (AvgIpc) is 3.48. The fourth-order valence-electron chi connectivity index (χ4n) is 6.94. The Morgan fingerprint density at radius 1 is 0.462 bits per heavy atom. The minimum Gasteiger partial charge on any atom is -0.309 e. The molecule has 0 unspecified atom stereocenters. The van der Waals surface area contributed by atoms with Gasteiger partial charge in [-0.15, -0.1) is 0 Å². The molecular weight excluding hydrogens is 470 g/mol. The van der Waals surface area contributed by atoms with Crippen molar-refractivity contribution in [3.8, 4) is 16.8 Å². The largest absolute Gasteiger partial charge is 0.309 e. The van der Waals surface area contributed by atoms with Crippen LogP contribution in [0.15, 0.2) is 146 Å². The summed E-state index contributed by atoms with van der Waals surface area (Å²) >= 11 is 0. The van der Waals surface area contributed by atoms with E-state index in [2.05, 4.69) is 157 Å². The van der Waals surface area contributed by atoms with Crippen molar-refractivity contribution in [1.82, 2.24) is 4.57 Å². The molecule has 184 valence electrons. The lowest BCUT2D eigenvalue weighted by atomic mass is 9.67. The number of aryl methyl sites for hydroxylation is 1. The van der Waals surface area contributed by atoms with Gasteiger partial charge in [0.05, 0.1) is 16.4 Å². The van der Waals surface area contributed by atoms with Crippen LogP contribution in [0.4, 0.5) is 0 Å². The first kappa shape index (κ1) is 22.1. The van der Waals surface area contributed by atoms with Crippen molar-refractivity contribution in [2.24, 2.45) is 0 Å². The Morgan fingerprint density at radius 3 is 1.85 bits per heavy atom. The molecule has 1 heteroatoms. The third-order valence-electron chi connectivity index (χ3n) is 8.53. The zero-order chi connectivity index (χ0) is 26.0. The summed E-state index contributed by atoms with van der Waals surface area (Å²) in [6, 6.07) is 53.7. The van der Waals surface area contributed by atoms with Gasteiger partial charge in [-0.3, -0.25) is 0 Å². The van der Waals surface area contributed by atoms with E-state index in [4.69, 9.17) is 0 Å². The van der Waals surface area contributed by atoms with Crippen LogP contribution in [-0.4, -0.2) is 4.57 Å². The fraction of sp³-hybridized carbons (Fsp3) is 0.0526. The van der Waals surface area contributed by atoms with Crippen LogP contribution in [0.3, 0.4) is 0 Å². The Balaban J connectivity index is 1.50. The molecule has 1 heterocycles. The monoisotopic (exact) mass is 497 g/mol. The highest BCUT2D eigenvalue weighted by molar-refractivity contribution is 6.09. The average molecular weight is 498 g/mol. The molecule has 0 radical (unpaired) electrons. The molecule has 0 N–H and O–H groups in total. The minimum atomic E-state index is -0.403. The molecule has 0 saturated carbocycles. The van der Waals surface area contributed by atoms with Crippen molar-refractivity contribution >= 4 is 21.8 Å². The van der Waals surface area contributed by atoms with Crippen LogP contribution >= 0.6 is 0 Å². The molecule has 1 aliphatic carbocycles. The van der Waals surface area contributed by atoms with Crippen LogP contribution in [0.1, 0.15) is 27.8 Å². The third kappa shape index (κ3) is 3.02. The maximum atomic E-state index is 2.45. The van der Waals surface area contributed by atoms with Gasteiger partial charge >= 0.3 is 0 Å². The summed E-state index contributed by atoms with van der Waals surface area (Å²) in [6.45, 7) is 2.17. The molecule has 0 bridgehead atoms. The van der Waals surface area contributed by atoms with Crippen LogP contribution in [0, 0.1) is 6.92 Å². The number of hydrogen-bond donors (Lipinski definition) is 0. The van der Waals surface area contributed by atoms with Crippen LogP contribution < -0.4 is 0 Å². The first-order chi connectivity index (χ1) is 19.3. The van der Waals surface area contributed by atoms with Gasteiger partial charge in [-0.1, -0.05) is 121 Å². The number of fused-ring (bicyclic) bond motifs is 6. The van der Waals surface area contributed by atoms with E-state index >= 15 is 0 Å². The zero-order valence-electron chi connectivity index (χ0n) is 21.8. The smallest absolute Gasteiger partial charge is 0.0714 e. The summed E-state index contributed by atoms with van der Waals surface area (Å²) in [7, 11) is 0. The molecule has 0 atom stereocenters. The van der Waals surface area contributed by atoms with Crippen LogP contribution in [-0.2, 0) is 5.41 Å². The molecule has 0 amide bonds. The van der Waals surface area contributed by atoms with Gasteiger partial charge in [0, 0.05) is 16.5 Å². The Bertz CT molecular complexity index is 1970. The SMILES string of the molecule is Cc1ccc2c(c1)c1ccccc1n2-c1ccc2c(c1)C(c1ccccc1)(c1ccccc1)c1ccccc1-2. The van der Waals surface area contributed by atoms with Gasteiger partial charge in [-0.05, 0) is 70.6 Å². The minimum absolute atomic E-state index is 0.403. The summed E-state index contributed by atoms with van der Waals surface area (Å²) in [5.41, 5.74) is 12.4. The van der Waals surface area contributed by atoms with E-state index in [9.17, 15) is 0 Å². The summed E-state index contributed by atoms with van der Waals surface area (Å²) in [6.07, 6.45) is 0. The van der Waals surface area contributed by atoms with E-state index < -0.39 is 5.41 Å². The van der Waals surface area contributed by atoms with Gasteiger partial charge in [0.15, 0.2) is 0 Å². The van der Waals surface area contributed by atoms with E-state index in [1.165, 1.54) is 66.4 Å². The molecule has 1 aromatic heterocycles. The van der Waals surface area contributed by atoms with Gasteiger partial charge in [-0.2, -0.15) is 0 Å². The molecule has 0 fully saturated rings. The number of nitrogens with zero attached hydrogens (tertiary/aromatic N) is 1. The summed E-state index contributed by atoms with van der Waals surface area (Å²) < 4.78 is 2.44. The van der Waals surface area contributed by atoms with Crippen molar-refractivity contribution < 1.29 is 0 Å². The van der Waals surface area contributed by atoms with E-state index in [1.807, 2.05) is 0 Å². The number of hydrogen-bond acceptors (Lipinski definition) is 0. The highest BCUT2D eigenvalue weighted by Gasteiger charge is 2.46. The molecule has 0 saturated heterocycles. The first-order valence-electron chi connectivity index (χ1n) is 13.6. The van der Waals surface area contributed by atoms with E-state index in [-0.39, 0.29) is 0 Å². The van der Waals surface area contributed by atoms with Crippen molar-refractivity contribution in [2.75, 3.05) is 0 Å². The van der Waals surface area contributed by atoms with Crippen LogP contribution in [0.25, 0.3) is 38.6 Å². The van der Waals surface area contributed by atoms with E-state index in [1.54, 1.807) is 0 Å². The topological polar surface area (TPSA) is 4.93 Å². The molecule has 6 aromatic carbocycles. The van der Waals surface area contributed by atoms with Gasteiger partial charge < -0.3 is 4.57 Å². The Labute approximate surface area is 228 Å². The molecule has 0 spiro atoms. The summed E-state index contributed by atoms with van der Waals surface area (Å²) in [5.74, 6) is 0. The number of benzene rings is 6. The number of para-hydroxylation sites is 1. The second-order valence-corrected chi connectivity index (χ2v) is 10.6. The maximum absolute atomic E-state index is 2.45. The predicted octanol–water partition coefficient (Wildman–Crippen LogP) is 9.46. The van der Waals surface area contributed by atoms with Crippen LogP contribution in [0.2, 0.25) is 0 Å². The second-order valence-electron chi connectivity index (χ2n) is 10.6. The Hall–Kier alpha value is -4.88. The van der Waals surface area contributed by atoms with Crippen molar-refractivity contribution in [3.63, 3.8) is 0 Å². The van der Waals surface area contributed by atoms with Gasteiger partial charge in [-0.25, -0.2) is 0 Å². The number of rotatable bonds is 3. The second kappa shape index (κ2) is 8.31. The summed E-state index contributed by atoms with van der Waals surface area (Å²) in [4.78, 5) is 0. The first-order valence-corrected chi connectivity index (χ1v) is 13.6. The standard InChI is InChI=1S/C38H27N/c1-26-20-23-37-33(24-26)32-17-9-11-19-36(32)39(37)29-21-22-31-30-16-8-10-18-34(30)38(35(31)25-29,27-12-4-2-5-13-27)28-14-6-3-7-15-28/h2-25H,1H3. The van der Waals surface area contributed by atoms with Crippen molar-refractivity contribution in [3.05, 3.63) is 173 Å². The Kier molecular flexibility index (Phi) is 4.72. The van der Waals surface area contributed by atoms with E-state index in [0.717, 1.165) is 0 Å². The molecular formula is C38H27N. The molecule has 1 nitrogen and oxygen atoms in total. The summed E-state index contributed by atoms with van der Waals surface area (Å²) in [5, 5.41) is 2.59. The lowest BCUT2D eigenvalue weighted by Crippen LogP contribution is -2.28. The van der Waals surface area contributed by atoms with Gasteiger partial charge in [0.2, 0.25) is 0 Å². The lowest BCUT2D eigenvalue weighted by molar-refractivity contribution is 0.767. The van der Waals surface area contributed by atoms with Crippen molar-refractivity contribution in [1.29, 1.82) is 0 Å². The highest BCUT2D eigenvalue weighted by atomic mass is 15.0. The zero-order valence-corrected chi connectivity index (χ0v) is 21.8. The Morgan fingerprint density at radius 2 is 1.08 bits per heavy atom. The fourth-order valence-corrected chi connectivity index (χ4v) is 6.94. The lowest BCUT2D eigenvalue weighted by Gasteiger charge is -2.34. The van der Waals surface area contributed by atoms with Crippen molar-refractivity contribution in [2.45, 2.75) is 12.3 Å². The molecule has 7 aromatic rings. The molecule has 1 aliphatic rings. The third-order valence-corrected chi connectivity index (χ3v) is 8.53. The van der Waals surface area contributed by atoms with E-state index in [0.29, 0.717) is 0 Å². The van der Waals surface area contributed by atoms with Gasteiger partial charge in [0.1, 0.15) is 0 Å². The molecule has 39 heavy (non-hydrogen) atoms. The predicted molar refractivity (Wildman–Crippen MR) is 163 cm³/mol. The quantitative estimate of drug-likeness (QED) is 0.229. The highest BCUT2D eigenvalue weighted by Crippen LogP contribution is 2.56. The molecule has 8 rings (SSSR count). The number of aromatic nitrogens is 1.